The highest BCUT2D eigenvalue weighted by atomic mass is 16.6. The molecule has 2 heterocycles. The molecule has 170 valence electrons. The molecule has 1 N–H and O–H groups in total. The van der Waals surface area contributed by atoms with Crippen LogP contribution < -0.4 is 5.32 Å². The third-order valence-corrected chi connectivity index (χ3v) is 7.05. The number of piperidine rings is 1. The van der Waals surface area contributed by atoms with Gasteiger partial charge in [0.25, 0.3) is 0 Å². The number of ether oxygens (including phenoxy) is 2. The van der Waals surface area contributed by atoms with Gasteiger partial charge in [0.2, 0.25) is 5.91 Å². The minimum absolute atomic E-state index is 0.0429. The van der Waals surface area contributed by atoms with Crippen molar-refractivity contribution < 1.29 is 23.9 Å². The van der Waals surface area contributed by atoms with E-state index in [0.717, 1.165) is 12.8 Å². The fourth-order valence-corrected chi connectivity index (χ4v) is 5.17. The number of amides is 2. The van der Waals surface area contributed by atoms with E-state index < -0.39 is 23.0 Å². The number of likely N-dealkylation sites (tertiary alicyclic amines) is 1. The highest BCUT2D eigenvalue weighted by Crippen LogP contribution is 2.43. The van der Waals surface area contributed by atoms with Gasteiger partial charge in [0.15, 0.2) is 0 Å². The Hall–Kier alpha value is -1.79. The molecule has 1 spiro atoms. The SMILES string of the molecule is CC1CCC(C(C)C)C(OC(=O)N2CCC3(CC2)C(=O)N[C@H]3C(=O)OC(C)(C)C)C1. The number of hydrogen-bond donors (Lipinski definition) is 1. The zero-order valence-corrected chi connectivity index (χ0v) is 19.3. The van der Waals surface area contributed by atoms with Gasteiger partial charge in [0.05, 0.1) is 5.41 Å². The van der Waals surface area contributed by atoms with Gasteiger partial charge < -0.3 is 19.7 Å². The molecule has 2 saturated heterocycles. The Morgan fingerprint density at radius 2 is 1.80 bits per heavy atom. The van der Waals surface area contributed by atoms with E-state index in [2.05, 4.69) is 26.1 Å². The molecule has 0 bridgehead atoms. The molecule has 0 aromatic carbocycles. The molecule has 2 aliphatic heterocycles. The number of esters is 1. The Morgan fingerprint density at radius 3 is 2.33 bits per heavy atom. The van der Waals surface area contributed by atoms with Crippen molar-refractivity contribution >= 4 is 18.0 Å². The number of hydrogen-bond acceptors (Lipinski definition) is 5. The van der Waals surface area contributed by atoms with Crippen LogP contribution in [-0.2, 0) is 19.1 Å². The molecule has 4 atom stereocenters. The van der Waals surface area contributed by atoms with Crippen molar-refractivity contribution in [1.82, 2.24) is 10.2 Å². The second-order valence-corrected chi connectivity index (χ2v) is 10.8. The summed E-state index contributed by atoms with van der Waals surface area (Å²) in [4.78, 5) is 39.5. The lowest BCUT2D eigenvalue weighted by molar-refractivity contribution is -0.176. The molecular weight excluding hydrogens is 384 g/mol. The van der Waals surface area contributed by atoms with E-state index in [1.54, 1.807) is 4.90 Å². The number of nitrogens with one attached hydrogen (secondary N) is 1. The van der Waals surface area contributed by atoms with Crippen LogP contribution in [0.15, 0.2) is 0 Å². The molecule has 7 nitrogen and oxygen atoms in total. The van der Waals surface area contributed by atoms with Gasteiger partial charge in [-0.2, -0.15) is 0 Å². The first-order chi connectivity index (χ1) is 13.9. The summed E-state index contributed by atoms with van der Waals surface area (Å²) in [6.45, 7) is 12.9. The van der Waals surface area contributed by atoms with Gasteiger partial charge >= 0.3 is 12.1 Å². The number of nitrogens with zero attached hydrogens (tertiary/aromatic N) is 1. The summed E-state index contributed by atoms with van der Waals surface area (Å²) in [7, 11) is 0. The Bertz CT molecular complexity index is 676. The third-order valence-electron chi connectivity index (χ3n) is 7.05. The highest BCUT2D eigenvalue weighted by molar-refractivity contribution is 6.00. The van der Waals surface area contributed by atoms with Crippen molar-refractivity contribution in [2.24, 2.45) is 23.2 Å². The van der Waals surface area contributed by atoms with Gasteiger partial charge in [0, 0.05) is 13.1 Å². The van der Waals surface area contributed by atoms with E-state index in [1.165, 1.54) is 6.42 Å². The van der Waals surface area contributed by atoms with E-state index in [9.17, 15) is 14.4 Å². The molecule has 1 aliphatic carbocycles. The van der Waals surface area contributed by atoms with Crippen molar-refractivity contribution in [3.05, 3.63) is 0 Å². The van der Waals surface area contributed by atoms with Crippen LogP contribution >= 0.6 is 0 Å². The summed E-state index contributed by atoms with van der Waals surface area (Å²) in [6, 6.07) is -0.632. The van der Waals surface area contributed by atoms with Crippen molar-refractivity contribution in [3.8, 4) is 0 Å². The minimum atomic E-state index is -0.765. The molecule has 0 aromatic rings. The lowest BCUT2D eigenvalue weighted by Crippen LogP contribution is -2.73. The second kappa shape index (κ2) is 8.39. The van der Waals surface area contributed by atoms with Gasteiger partial charge in [-0.3, -0.25) is 4.79 Å². The maximum Gasteiger partial charge on any atom is 0.410 e. The summed E-state index contributed by atoms with van der Waals surface area (Å²) in [6.07, 6.45) is 3.76. The zero-order chi connectivity index (χ0) is 22.3. The molecule has 2 amide bonds. The normalized spacial score (nSPS) is 31.2. The van der Waals surface area contributed by atoms with Crippen LogP contribution in [0.25, 0.3) is 0 Å². The largest absolute Gasteiger partial charge is 0.458 e. The first-order valence-electron chi connectivity index (χ1n) is 11.4. The van der Waals surface area contributed by atoms with Gasteiger partial charge in [-0.05, 0) is 64.2 Å². The Balaban J connectivity index is 1.58. The van der Waals surface area contributed by atoms with Crippen molar-refractivity contribution in [3.63, 3.8) is 0 Å². The molecule has 3 unspecified atom stereocenters. The van der Waals surface area contributed by atoms with E-state index in [0.29, 0.717) is 43.7 Å². The van der Waals surface area contributed by atoms with Crippen LogP contribution in [-0.4, -0.2) is 53.7 Å². The minimum Gasteiger partial charge on any atom is -0.458 e. The van der Waals surface area contributed by atoms with Gasteiger partial charge in [0.1, 0.15) is 17.7 Å². The Morgan fingerprint density at radius 1 is 1.17 bits per heavy atom. The topological polar surface area (TPSA) is 84.9 Å². The van der Waals surface area contributed by atoms with Crippen molar-refractivity contribution in [2.75, 3.05) is 13.1 Å². The predicted octanol–water partition coefficient (Wildman–Crippen LogP) is 3.51. The van der Waals surface area contributed by atoms with Gasteiger partial charge in [-0.1, -0.05) is 27.2 Å². The summed E-state index contributed by atoms with van der Waals surface area (Å²) in [5, 5.41) is 2.71. The lowest BCUT2D eigenvalue weighted by Gasteiger charge is -2.51. The molecule has 0 radical (unpaired) electrons. The smallest absolute Gasteiger partial charge is 0.410 e. The molecule has 3 rings (SSSR count). The van der Waals surface area contributed by atoms with Crippen LogP contribution in [0.2, 0.25) is 0 Å². The lowest BCUT2D eigenvalue weighted by atomic mass is 9.66. The average molecular weight is 423 g/mol. The zero-order valence-electron chi connectivity index (χ0n) is 19.3. The number of carbonyl (C=O) groups excluding carboxylic acids is 3. The Kier molecular flexibility index (Phi) is 6.40. The van der Waals surface area contributed by atoms with Crippen LogP contribution in [0, 0.1) is 23.2 Å². The summed E-state index contributed by atoms with van der Waals surface area (Å²) in [5.41, 5.74) is -1.37. The maximum atomic E-state index is 12.9. The van der Waals surface area contributed by atoms with Crippen molar-refractivity contribution in [2.45, 2.75) is 91.4 Å². The van der Waals surface area contributed by atoms with E-state index in [-0.39, 0.29) is 18.1 Å². The van der Waals surface area contributed by atoms with Crippen molar-refractivity contribution in [1.29, 1.82) is 0 Å². The number of rotatable bonds is 3. The first-order valence-corrected chi connectivity index (χ1v) is 11.4. The fourth-order valence-electron chi connectivity index (χ4n) is 5.17. The summed E-state index contributed by atoms with van der Waals surface area (Å²) in [5.74, 6) is 0.931. The fraction of sp³-hybridized carbons (Fsp3) is 0.870. The number of β-lactam (4-membered cyclic amide) rings is 1. The predicted molar refractivity (Wildman–Crippen MR) is 113 cm³/mol. The molecule has 30 heavy (non-hydrogen) atoms. The van der Waals surface area contributed by atoms with E-state index in [1.807, 2.05) is 20.8 Å². The highest BCUT2D eigenvalue weighted by Gasteiger charge is 2.60. The van der Waals surface area contributed by atoms with Gasteiger partial charge in [-0.15, -0.1) is 0 Å². The summed E-state index contributed by atoms with van der Waals surface area (Å²) >= 11 is 0. The van der Waals surface area contributed by atoms with Crippen LogP contribution in [0.4, 0.5) is 4.79 Å². The van der Waals surface area contributed by atoms with Crippen LogP contribution in [0.1, 0.15) is 73.6 Å². The first kappa shape index (κ1) is 22.9. The standard InChI is InChI=1S/C23H38N2O5/c1-14(2)16-8-7-15(3)13-17(16)29-21(28)25-11-9-23(10-12-25)18(24-20(23)27)19(26)30-22(4,5)6/h14-18H,7-13H2,1-6H3,(H,24,27)/t15?,16?,17?,18-/m0/s1. The summed E-state index contributed by atoms with van der Waals surface area (Å²) < 4.78 is 11.4. The Labute approximate surface area is 180 Å². The molecule has 1 saturated carbocycles. The molecule has 3 aliphatic rings. The quantitative estimate of drug-likeness (QED) is 0.556. The molecule has 7 heteroatoms. The average Bonchev–Trinajstić information content (AvgIpc) is 2.64. The molecular formula is C23H38N2O5. The van der Waals surface area contributed by atoms with Gasteiger partial charge in [-0.25, -0.2) is 9.59 Å². The van der Waals surface area contributed by atoms with Crippen LogP contribution in [0.5, 0.6) is 0 Å². The van der Waals surface area contributed by atoms with E-state index in [4.69, 9.17) is 9.47 Å². The maximum absolute atomic E-state index is 12.9. The second-order valence-electron chi connectivity index (χ2n) is 10.8. The monoisotopic (exact) mass is 422 g/mol. The number of carbonyl (C=O) groups is 3. The van der Waals surface area contributed by atoms with Crippen LogP contribution in [0.3, 0.4) is 0 Å². The third kappa shape index (κ3) is 4.59. The molecule has 0 aromatic heterocycles. The van der Waals surface area contributed by atoms with E-state index >= 15 is 0 Å². The molecule has 3 fully saturated rings.